The molecular formula is C7H9N3. The van der Waals surface area contributed by atoms with Gasteiger partial charge in [0.25, 0.3) is 0 Å². The molecule has 0 aromatic carbocycles. The number of aromatic nitrogens is 1. The minimum atomic E-state index is 0.995. The molecule has 0 unspecified atom stereocenters. The van der Waals surface area contributed by atoms with Crippen LogP contribution in [0.5, 0.6) is 0 Å². The molecule has 0 amide bonds. The largest absolute Gasteiger partial charge is 0.252 e. The van der Waals surface area contributed by atoms with Gasteiger partial charge >= 0.3 is 0 Å². The molecule has 3 heteroatoms. The van der Waals surface area contributed by atoms with E-state index in [1.165, 1.54) is 0 Å². The number of hydrogen-bond acceptors (Lipinski definition) is 2. The summed E-state index contributed by atoms with van der Waals surface area (Å²) < 4.78 is 1.98. The Morgan fingerprint density at radius 2 is 2.00 bits per heavy atom. The number of rotatable bonds is 1. The average Bonchev–Trinajstić information content (AvgIpc) is 2.59. The Morgan fingerprint density at radius 3 is 2.60 bits per heavy atom. The van der Waals surface area contributed by atoms with Crippen molar-refractivity contribution in [2.75, 3.05) is 11.7 Å². The van der Waals surface area contributed by atoms with Gasteiger partial charge in [-0.15, -0.1) is 0 Å². The third-order valence-corrected chi connectivity index (χ3v) is 1.53. The predicted molar refractivity (Wildman–Crippen MR) is 40.6 cm³/mol. The van der Waals surface area contributed by atoms with E-state index in [0.717, 1.165) is 13.0 Å². The van der Waals surface area contributed by atoms with E-state index in [9.17, 15) is 0 Å². The summed E-state index contributed by atoms with van der Waals surface area (Å²) >= 11 is 0. The Bertz CT molecular complexity index is 225. The second-order valence-corrected chi connectivity index (χ2v) is 2.25. The van der Waals surface area contributed by atoms with Crippen LogP contribution in [0.4, 0.5) is 0 Å². The van der Waals surface area contributed by atoms with Crippen LogP contribution in [0.25, 0.3) is 0 Å². The number of nitrogens with zero attached hydrogens (tertiary/aromatic N) is 3. The molecule has 0 atom stereocenters. The molecule has 1 aromatic heterocycles. The normalized spacial score (nSPS) is 16.6. The highest BCUT2D eigenvalue weighted by Crippen LogP contribution is 1.99. The lowest BCUT2D eigenvalue weighted by Crippen LogP contribution is -2.24. The molecule has 10 heavy (non-hydrogen) atoms. The second kappa shape index (κ2) is 2.17. The first-order valence-corrected chi connectivity index (χ1v) is 3.40. The molecule has 1 aromatic rings. The fraction of sp³-hybridized carbons (Fsp3) is 0.286. The Kier molecular flexibility index (Phi) is 1.20. The molecule has 0 saturated carbocycles. The van der Waals surface area contributed by atoms with Crippen LogP contribution in [0.15, 0.2) is 29.6 Å². The van der Waals surface area contributed by atoms with Crippen molar-refractivity contribution in [3.63, 3.8) is 0 Å². The summed E-state index contributed by atoms with van der Waals surface area (Å²) in [5, 5.41) is 6.08. The summed E-state index contributed by atoms with van der Waals surface area (Å²) in [6, 6.07) is 3.99. The zero-order chi connectivity index (χ0) is 6.81. The molecule has 2 rings (SSSR count). The quantitative estimate of drug-likeness (QED) is 0.558. The molecule has 1 aliphatic heterocycles. The van der Waals surface area contributed by atoms with E-state index in [1.54, 1.807) is 0 Å². The molecule has 0 N–H and O–H groups in total. The Hall–Kier alpha value is -1.25. The van der Waals surface area contributed by atoms with Crippen LogP contribution in [0, 0.1) is 0 Å². The smallest absolute Gasteiger partial charge is 0.0640 e. The van der Waals surface area contributed by atoms with E-state index in [0.29, 0.717) is 0 Å². The number of hydrogen-bond donors (Lipinski definition) is 0. The zero-order valence-corrected chi connectivity index (χ0v) is 5.64. The highest BCUT2D eigenvalue weighted by molar-refractivity contribution is 5.60. The SMILES string of the molecule is C1=NN(n2cccc2)CC1. The molecule has 1 aliphatic rings. The molecule has 0 aliphatic carbocycles. The summed E-state index contributed by atoms with van der Waals surface area (Å²) in [5.41, 5.74) is 0. The molecule has 2 heterocycles. The van der Waals surface area contributed by atoms with Crippen molar-refractivity contribution in [2.24, 2.45) is 5.10 Å². The highest BCUT2D eigenvalue weighted by Gasteiger charge is 2.04. The summed E-state index contributed by atoms with van der Waals surface area (Å²) in [6.07, 6.45) is 6.96. The van der Waals surface area contributed by atoms with Crippen molar-refractivity contribution in [3.05, 3.63) is 24.5 Å². The molecular weight excluding hydrogens is 126 g/mol. The van der Waals surface area contributed by atoms with E-state index in [4.69, 9.17) is 0 Å². The minimum Gasteiger partial charge on any atom is -0.252 e. The lowest BCUT2D eigenvalue weighted by molar-refractivity contribution is 0.647. The fourth-order valence-electron chi connectivity index (χ4n) is 1.04. The van der Waals surface area contributed by atoms with Gasteiger partial charge in [-0.1, -0.05) is 0 Å². The van der Waals surface area contributed by atoms with Gasteiger partial charge in [0, 0.05) is 25.0 Å². The van der Waals surface area contributed by atoms with Gasteiger partial charge in [0.15, 0.2) is 0 Å². The van der Waals surface area contributed by atoms with Crippen LogP contribution >= 0.6 is 0 Å². The maximum atomic E-state index is 4.15. The van der Waals surface area contributed by atoms with Crippen molar-refractivity contribution in [2.45, 2.75) is 6.42 Å². The van der Waals surface area contributed by atoms with Gasteiger partial charge < -0.3 is 0 Å². The van der Waals surface area contributed by atoms with E-state index in [2.05, 4.69) is 5.10 Å². The molecule has 0 bridgehead atoms. The Morgan fingerprint density at radius 1 is 1.20 bits per heavy atom. The van der Waals surface area contributed by atoms with Crippen LogP contribution in [-0.2, 0) is 0 Å². The highest BCUT2D eigenvalue weighted by atomic mass is 15.7. The Labute approximate surface area is 59.5 Å². The van der Waals surface area contributed by atoms with Crippen LogP contribution < -0.4 is 5.12 Å². The van der Waals surface area contributed by atoms with Gasteiger partial charge in [-0.3, -0.25) is 4.68 Å². The Balaban J connectivity index is 2.20. The van der Waals surface area contributed by atoms with Crippen molar-refractivity contribution in [1.82, 2.24) is 4.68 Å². The van der Waals surface area contributed by atoms with E-state index in [1.807, 2.05) is 40.5 Å². The second-order valence-electron chi connectivity index (χ2n) is 2.25. The van der Waals surface area contributed by atoms with Crippen molar-refractivity contribution >= 4 is 6.21 Å². The summed E-state index contributed by atoms with van der Waals surface area (Å²) in [5.74, 6) is 0. The molecule has 0 fully saturated rings. The minimum absolute atomic E-state index is 0.995. The molecule has 0 spiro atoms. The first-order valence-electron chi connectivity index (χ1n) is 3.40. The van der Waals surface area contributed by atoms with Crippen molar-refractivity contribution in [1.29, 1.82) is 0 Å². The summed E-state index contributed by atoms with van der Waals surface area (Å²) in [6.45, 7) is 0.995. The lowest BCUT2D eigenvalue weighted by Gasteiger charge is -2.13. The monoisotopic (exact) mass is 135 g/mol. The van der Waals surface area contributed by atoms with Gasteiger partial charge in [0.2, 0.25) is 0 Å². The van der Waals surface area contributed by atoms with Crippen LogP contribution in [0.1, 0.15) is 6.42 Å². The molecule has 3 nitrogen and oxygen atoms in total. The third-order valence-electron chi connectivity index (χ3n) is 1.53. The number of hydrazone groups is 1. The maximum absolute atomic E-state index is 4.15. The predicted octanol–water partition coefficient (Wildman–Crippen LogP) is 0.816. The van der Waals surface area contributed by atoms with Gasteiger partial charge in [-0.05, 0) is 12.1 Å². The van der Waals surface area contributed by atoms with E-state index < -0.39 is 0 Å². The lowest BCUT2D eigenvalue weighted by atomic mass is 10.5. The zero-order valence-electron chi connectivity index (χ0n) is 5.64. The van der Waals surface area contributed by atoms with Gasteiger partial charge in [0.05, 0.1) is 6.54 Å². The standard InChI is InChI=1S/C7H9N3/c1-2-6-9(5-1)10-7-3-4-8-10/h1-2,4-6H,3,7H2. The van der Waals surface area contributed by atoms with E-state index >= 15 is 0 Å². The van der Waals surface area contributed by atoms with Crippen molar-refractivity contribution in [3.8, 4) is 0 Å². The fourth-order valence-corrected chi connectivity index (χ4v) is 1.04. The van der Waals surface area contributed by atoms with Crippen molar-refractivity contribution < 1.29 is 0 Å². The van der Waals surface area contributed by atoms with Crippen LogP contribution in [-0.4, -0.2) is 17.4 Å². The van der Waals surface area contributed by atoms with Crippen LogP contribution in [0.3, 0.4) is 0 Å². The average molecular weight is 135 g/mol. The third kappa shape index (κ3) is 0.795. The maximum Gasteiger partial charge on any atom is 0.0640 e. The van der Waals surface area contributed by atoms with Gasteiger partial charge in [-0.2, -0.15) is 5.10 Å². The summed E-state index contributed by atoms with van der Waals surface area (Å²) in [4.78, 5) is 0. The first kappa shape index (κ1) is 5.53. The van der Waals surface area contributed by atoms with Gasteiger partial charge in [0.1, 0.15) is 0 Å². The van der Waals surface area contributed by atoms with Gasteiger partial charge in [-0.25, -0.2) is 5.12 Å². The topological polar surface area (TPSA) is 20.5 Å². The molecule has 0 radical (unpaired) electrons. The summed E-state index contributed by atoms with van der Waals surface area (Å²) in [7, 11) is 0. The molecule has 0 saturated heterocycles. The first-order chi connectivity index (χ1) is 4.97. The van der Waals surface area contributed by atoms with Crippen LogP contribution in [0.2, 0.25) is 0 Å². The molecule has 52 valence electrons. The van der Waals surface area contributed by atoms with E-state index in [-0.39, 0.29) is 0 Å².